The van der Waals surface area contributed by atoms with Crippen LogP contribution in [0.3, 0.4) is 0 Å². The first-order valence-electron chi connectivity index (χ1n) is 2.81. The van der Waals surface area contributed by atoms with E-state index < -0.39 is 24.1 Å². The molecule has 0 heterocycles. The number of hydrogen-bond acceptors (Lipinski definition) is 1. The summed E-state index contributed by atoms with van der Waals surface area (Å²) in [6.07, 6.45) is -20.3. The zero-order chi connectivity index (χ0) is 12.7. The standard InChI is InChI=1S/C4ClF9O/c5-15-1(2(6,7)8,3(9,10)11)4(12,13)14. The van der Waals surface area contributed by atoms with Gasteiger partial charge in [0.25, 0.3) is 0 Å². The molecule has 0 aromatic rings. The summed E-state index contributed by atoms with van der Waals surface area (Å²) in [5, 5.41) is 0. The van der Waals surface area contributed by atoms with E-state index in [9.17, 15) is 39.5 Å². The smallest absolute Gasteiger partial charge is 0.244 e. The lowest BCUT2D eigenvalue weighted by atomic mass is 10.0. The van der Waals surface area contributed by atoms with Gasteiger partial charge in [-0.3, -0.25) is 0 Å². The van der Waals surface area contributed by atoms with Crippen molar-refractivity contribution in [1.29, 1.82) is 0 Å². The molecule has 0 aliphatic heterocycles. The van der Waals surface area contributed by atoms with E-state index in [-0.39, 0.29) is 0 Å². The van der Waals surface area contributed by atoms with Gasteiger partial charge in [-0.1, -0.05) is 0 Å². The monoisotopic (exact) mass is 270 g/mol. The van der Waals surface area contributed by atoms with Gasteiger partial charge in [0.2, 0.25) is 0 Å². The van der Waals surface area contributed by atoms with E-state index in [1.165, 1.54) is 0 Å². The fraction of sp³-hybridized carbons (Fsp3) is 1.00. The molecule has 0 unspecified atom stereocenters. The summed E-state index contributed by atoms with van der Waals surface area (Å²) in [6, 6.07) is 0. The lowest BCUT2D eigenvalue weighted by molar-refractivity contribution is -0.436. The minimum absolute atomic E-state index is 2.13. The Morgan fingerprint density at radius 1 is 0.600 bits per heavy atom. The summed E-state index contributed by atoms with van der Waals surface area (Å²) >= 11 is 3.72. The highest BCUT2D eigenvalue weighted by Crippen LogP contribution is 2.55. The van der Waals surface area contributed by atoms with Gasteiger partial charge >= 0.3 is 24.1 Å². The first kappa shape index (κ1) is 14.6. The molecule has 0 atom stereocenters. The highest BCUT2D eigenvalue weighted by atomic mass is 35.5. The van der Waals surface area contributed by atoms with E-state index in [4.69, 9.17) is 0 Å². The minimum atomic E-state index is -6.77. The second-order valence-electron chi connectivity index (χ2n) is 2.25. The van der Waals surface area contributed by atoms with Crippen LogP contribution in [0.1, 0.15) is 0 Å². The predicted molar refractivity (Wildman–Crippen MR) is 27.8 cm³/mol. The average molecular weight is 270 g/mol. The molecule has 0 spiro atoms. The summed E-state index contributed by atoms with van der Waals surface area (Å²) in [4.78, 5) is 0. The molecule has 0 aliphatic carbocycles. The van der Waals surface area contributed by atoms with Gasteiger partial charge in [0.1, 0.15) is 0 Å². The Bertz CT molecular complexity index is 188. The molecule has 0 saturated heterocycles. The van der Waals surface area contributed by atoms with Crippen LogP contribution in [0.4, 0.5) is 39.5 Å². The third-order valence-corrected chi connectivity index (χ3v) is 1.54. The van der Waals surface area contributed by atoms with Crippen molar-refractivity contribution in [3.8, 4) is 0 Å². The molecule has 0 bridgehead atoms. The first-order chi connectivity index (χ1) is 6.31. The van der Waals surface area contributed by atoms with Crippen molar-refractivity contribution < 1.29 is 43.8 Å². The normalized spacial score (nSPS) is 15.6. The van der Waals surface area contributed by atoms with E-state index in [1.54, 1.807) is 0 Å². The first-order valence-corrected chi connectivity index (χ1v) is 3.12. The Morgan fingerprint density at radius 2 is 0.800 bits per heavy atom. The highest BCUT2D eigenvalue weighted by molar-refractivity contribution is 6.07. The van der Waals surface area contributed by atoms with Crippen molar-refractivity contribution in [2.45, 2.75) is 24.1 Å². The van der Waals surface area contributed by atoms with Gasteiger partial charge in [-0.15, -0.1) is 0 Å². The van der Waals surface area contributed by atoms with Gasteiger partial charge in [0.05, 0.1) is 11.9 Å². The Balaban J connectivity index is 5.78. The molecular weight excluding hydrogens is 270 g/mol. The van der Waals surface area contributed by atoms with Crippen molar-refractivity contribution in [3.05, 3.63) is 0 Å². The second kappa shape index (κ2) is 3.58. The molecule has 0 aliphatic rings. The molecule has 11 heteroatoms. The Kier molecular flexibility index (Phi) is 3.49. The molecule has 0 fully saturated rings. The van der Waals surface area contributed by atoms with Crippen molar-refractivity contribution >= 4 is 11.9 Å². The molecule has 1 nitrogen and oxygen atoms in total. The molecule has 0 saturated carbocycles. The van der Waals surface area contributed by atoms with E-state index >= 15 is 0 Å². The number of hydrogen-bond donors (Lipinski definition) is 0. The topological polar surface area (TPSA) is 9.23 Å². The minimum Gasteiger partial charge on any atom is -0.244 e. The van der Waals surface area contributed by atoms with Crippen LogP contribution in [0, 0.1) is 0 Å². The largest absolute Gasteiger partial charge is 0.437 e. The van der Waals surface area contributed by atoms with E-state index in [0.717, 1.165) is 0 Å². The maximum atomic E-state index is 11.7. The molecule has 0 radical (unpaired) electrons. The third kappa shape index (κ3) is 2.10. The fourth-order valence-electron chi connectivity index (χ4n) is 0.613. The zero-order valence-corrected chi connectivity index (χ0v) is 6.94. The molecule has 0 rings (SSSR count). The van der Waals surface area contributed by atoms with Gasteiger partial charge in [-0.2, -0.15) is 39.5 Å². The van der Waals surface area contributed by atoms with Gasteiger partial charge in [0.15, 0.2) is 0 Å². The molecule has 0 aromatic heterocycles. The maximum absolute atomic E-state index is 11.7. The van der Waals surface area contributed by atoms with Gasteiger partial charge in [-0.05, 0) is 0 Å². The number of halogens is 10. The molecule has 0 amide bonds. The quantitative estimate of drug-likeness (QED) is 0.662. The summed E-state index contributed by atoms with van der Waals surface area (Å²) in [5.41, 5.74) is -6.38. The lowest BCUT2D eigenvalue weighted by Gasteiger charge is -2.35. The Labute approximate surface area is 80.9 Å². The van der Waals surface area contributed by atoms with Crippen molar-refractivity contribution in [1.82, 2.24) is 0 Å². The van der Waals surface area contributed by atoms with Gasteiger partial charge < -0.3 is 0 Å². The van der Waals surface area contributed by atoms with E-state index in [0.29, 0.717) is 0 Å². The van der Waals surface area contributed by atoms with Crippen LogP contribution in [0.15, 0.2) is 0 Å². The Morgan fingerprint density at radius 3 is 0.800 bits per heavy atom. The third-order valence-electron chi connectivity index (χ3n) is 1.31. The molecular formula is C4ClF9O. The zero-order valence-electron chi connectivity index (χ0n) is 6.19. The van der Waals surface area contributed by atoms with Crippen LogP contribution in [0.5, 0.6) is 0 Å². The summed E-state index contributed by atoms with van der Waals surface area (Å²) in [5.74, 6) is 0. The molecule has 15 heavy (non-hydrogen) atoms. The summed E-state index contributed by atoms with van der Waals surface area (Å²) in [7, 11) is 0. The van der Waals surface area contributed by atoms with Crippen LogP contribution in [0.2, 0.25) is 0 Å². The number of rotatable bonds is 1. The summed E-state index contributed by atoms with van der Waals surface area (Å²) in [6.45, 7) is 0. The van der Waals surface area contributed by atoms with Crippen LogP contribution >= 0.6 is 11.9 Å². The lowest BCUT2D eigenvalue weighted by Crippen LogP contribution is -2.66. The van der Waals surface area contributed by atoms with Crippen LogP contribution in [0.25, 0.3) is 0 Å². The Hall–Kier alpha value is -0.380. The van der Waals surface area contributed by atoms with E-state index in [1.807, 2.05) is 0 Å². The van der Waals surface area contributed by atoms with Crippen LogP contribution in [-0.4, -0.2) is 24.1 Å². The molecule has 0 aromatic carbocycles. The average Bonchev–Trinajstić information content (AvgIpc) is 1.76. The second-order valence-corrected chi connectivity index (χ2v) is 2.41. The predicted octanol–water partition coefficient (Wildman–Crippen LogP) is 3.58. The van der Waals surface area contributed by atoms with Crippen LogP contribution < -0.4 is 0 Å². The van der Waals surface area contributed by atoms with Crippen molar-refractivity contribution in [2.75, 3.05) is 0 Å². The molecule has 92 valence electrons. The van der Waals surface area contributed by atoms with Crippen LogP contribution in [-0.2, 0) is 4.29 Å². The maximum Gasteiger partial charge on any atom is 0.437 e. The van der Waals surface area contributed by atoms with Gasteiger partial charge in [0, 0.05) is 0 Å². The number of alkyl halides is 9. The van der Waals surface area contributed by atoms with Crippen molar-refractivity contribution in [2.24, 2.45) is 0 Å². The SMILES string of the molecule is FC(F)(F)C(OCl)(C(F)(F)F)C(F)(F)F. The highest BCUT2D eigenvalue weighted by Gasteiger charge is 2.86. The fourth-order valence-corrected chi connectivity index (χ4v) is 0.876. The van der Waals surface area contributed by atoms with Crippen molar-refractivity contribution in [3.63, 3.8) is 0 Å². The molecule has 0 N–H and O–H groups in total. The van der Waals surface area contributed by atoms with E-state index in [2.05, 4.69) is 16.2 Å². The summed E-state index contributed by atoms with van der Waals surface area (Å²) < 4.78 is 108. The van der Waals surface area contributed by atoms with Gasteiger partial charge in [-0.25, -0.2) is 4.29 Å².